The molecule has 4 nitrogen and oxygen atoms in total. The molecule has 0 saturated heterocycles. The summed E-state index contributed by atoms with van der Waals surface area (Å²) in [5, 5.41) is 0. The van der Waals surface area contributed by atoms with Gasteiger partial charge in [-0.15, -0.1) is 0 Å². The molecule has 0 spiro atoms. The molecule has 18 heavy (non-hydrogen) atoms. The van der Waals surface area contributed by atoms with Crippen LogP contribution in [-0.4, -0.2) is 25.0 Å². The number of ether oxygens (including phenoxy) is 2. The van der Waals surface area contributed by atoms with E-state index in [4.69, 9.17) is 4.74 Å². The number of hydrogen-bond donors (Lipinski definition) is 0. The number of carbonyl (C=O) groups excluding carboxylic acids is 2. The summed E-state index contributed by atoms with van der Waals surface area (Å²) in [6.07, 6.45) is 0. The molecule has 1 aromatic carbocycles. The number of esters is 1. The lowest BCUT2D eigenvalue weighted by Gasteiger charge is -2.07. The van der Waals surface area contributed by atoms with E-state index in [1.165, 1.54) is 6.92 Å². The molecule has 0 fully saturated rings. The van der Waals surface area contributed by atoms with E-state index in [1.807, 2.05) is 0 Å². The maximum Gasteiger partial charge on any atom is 0.379 e. The molecule has 1 rings (SSSR count). The first-order valence-corrected chi connectivity index (χ1v) is 5.34. The zero-order valence-corrected chi connectivity index (χ0v) is 9.96. The van der Waals surface area contributed by atoms with Crippen LogP contribution in [0.5, 0.6) is 5.75 Å². The molecule has 0 atom stereocenters. The molecule has 0 aliphatic rings. The van der Waals surface area contributed by atoms with Crippen molar-refractivity contribution in [2.75, 3.05) is 13.2 Å². The monoisotopic (exact) mass is 258 g/mol. The van der Waals surface area contributed by atoms with Crippen LogP contribution < -0.4 is 4.74 Å². The zero-order chi connectivity index (χ0) is 13.7. The predicted molar refractivity (Wildman–Crippen MR) is 58.5 cm³/mol. The number of ketones is 1. The zero-order valence-electron chi connectivity index (χ0n) is 9.96. The maximum absolute atomic E-state index is 13.4. The summed E-state index contributed by atoms with van der Waals surface area (Å²) < 4.78 is 36.1. The molecule has 0 N–H and O–H groups in total. The van der Waals surface area contributed by atoms with Gasteiger partial charge >= 0.3 is 5.97 Å². The van der Waals surface area contributed by atoms with E-state index in [1.54, 1.807) is 6.92 Å². The van der Waals surface area contributed by atoms with Crippen LogP contribution in [0.2, 0.25) is 0 Å². The Kier molecular flexibility index (Phi) is 4.76. The SMILES string of the molecule is CCOC(=O)C(=O)c1cc(F)c(OCC)c(F)c1. The summed E-state index contributed by atoms with van der Waals surface area (Å²) >= 11 is 0. The van der Waals surface area contributed by atoms with Crippen LogP contribution in [0.15, 0.2) is 12.1 Å². The average molecular weight is 258 g/mol. The summed E-state index contributed by atoms with van der Waals surface area (Å²) in [6, 6.07) is 1.49. The Morgan fingerprint density at radius 1 is 1.11 bits per heavy atom. The third-order valence-corrected chi connectivity index (χ3v) is 2.01. The van der Waals surface area contributed by atoms with Crippen molar-refractivity contribution >= 4 is 11.8 Å². The second-order valence-corrected chi connectivity index (χ2v) is 3.25. The number of Topliss-reactive ketones (excluding diaryl/α,β-unsaturated/α-hetero) is 1. The molecule has 0 unspecified atom stereocenters. The molecule has 6 heteroatoms. The minimum atomic E-state index is -1.15. The molecule has 0 radical (unpaired) electrons. The quantitative estimate of drug-likeness (QED) is 0.461. The number of benzene rings is 1. The molecular weight excluding hydrogens is 246 g/mol. The Balaban J connectivity index is 3.06. The van der Waals surface area contributed by atoms with Crippen molar-refractivity contribution in [3.8, 4) is 5.75 Å². The fraction of sp³-hybridized carbons (Fsp3) is 0.333. The van der Waals surface area contributed by atoms with Gasteiger partial charge < -0.3 is 9.47 Å². The highest BCUT2D eigenvalue weighted by Gasteiger charge is 2.22. The lowest BCUT2D eigenvalue weighted by atomic mass is 10.1. The van der Waals surface area contributed by atoms with Gasteiger partial charge in [0.05, 0.1) is 13.2 Å². The Morgan fingerprint density at radius 2 is 1.67 bits per heavy atom. The molecule has 0 bridgehead atoms. The minimum Gasteiger partial charge on any atom is -0.488 e. The third kappa shape index (κ3) is 3.03. The Bertz CT molecular complexity index is 448. The second-order valence-electron chi connectivity index (χ2n) is 3.25. The van der Waals surface area contributed by atoms with Crippen LogP contribution >= 0.6 is 0 Å². The van der Waals surface area contributed by atoms with Crippen molar-refractivity contribution in [2.45, 2.75) is 13.8 Å². The highest BCUT2D eigenvalue weighted by Crippen LogP contribution is 2.23. The van der Waals surface area contributed by atoms with Gasteiger partial charge in [-0.25, -0.2) is 13.6 Å². The molecule has 0 amide bonds. The van der Waals surface area contributed by atoms with Crippen LogP contribution in [0, 0.1) is 11.6 Å². The third-order valence-electron chi connectivity index (χ3n) is 2.01. The Morgan fingerprint density at radius 3 is 2.11 bits per heavy atom. The first-order chi connectivity index (χ1) is 8.51. The number of halogens is 2. The van der Waals surface area contributed by atoms with Crippen molar-refractivity contribution in [3.63, 3.8) is 0 Å². The van der Waals surface area contributed by atoms with E-state index < -0.39 is 34.7 Å². The molecule has 0 saturated carbocycles. The predicted octanol–water partition coefficient (Wildman–Crippen LogP) is 2.11. The van der Waals surface area contributed by atoms with Gasteiger partial charge in [0.15, 0.2) is 17.4 Å². The average Bonchev–Trinajstić information content (AvgIpc) is 2.33. The summed E-state index contributed by atoms with van der Waals surface area (Å²) in [5.41, 5.74) is -0.410. The standard InChI is InChI=1S/C12H12F2O4/c1-3-17-11-8(13)5-7(6-9(11)14)10(15)12(16)18-4-2/h5-6H,3-4H2,1-2H3. The topological polar surface area (TPSA) is 52.6 Å². The van der Waals surface area contributed by atoms with E-state index in [2.05, 4.69) is 4.74 Å². The first-order valence-electron chi connectivity index (χ1n) is 5.34. The molecule has 98 valence electrons. The highest BCUT2D eigenvalue weighted by atomic mass is 19.1. The van der Waals surface area contributed by atoms with Crippen molar-refractivity contribution < 1.29 is 27.8 Å². The minimum absolute atomic E-state index is 0.00651. The van der Waals surface area contributed by atoms with E-state index >= 15 is 0 Å². The van der Waals surface area contributed by atoms with Crippen LogP contribution in [-0.2, 0) is 9.53 Å². The summed E-state index contributed by atoms with van der Waals surface area (Å²) in [4.78, 5) is 22.6. The van der Waals surface area contributed by atoms with Crippen LogP contribution in [0.3, 0.4) is 0 Å². The van der Waals surface area contributed by atoms with Gasteiger partial charge in [-0.3, -0.25) is 4.79 Å². The second kappa shape index (κ2) is 6.09. The molecule has 1 aromatic rings. The number of carbonyl (C=O) groups is 2. The van der Waals surface area contributed by atoms with Crippen LogP contribution in [0.1, 0.15) is 24.2 Å². The van der Waals surface area contributed by atoms with Crippen LogP contribution in [0.4, 0.5) is 8.78 Å². The first kappa shape index (κ1) is 14.1. The largest absolute Gasteiger partial charge is 0.488 e. The maximum atomic E-state index is 13.4. The molecule has 0 aliphatic heterocycles. The van der Waals surface area contributed by atoms with Crippen LogP contribution in [0.25, 0.3) is 0 Å². The lowest BCUT2D eigenvalue weighted by Crippen LogP contribution is -2.18. The Labute approximate surface area is 103 Å². The Hall–Kier alpha value is -1.98. The van der Waals surface area contributed by atoms with E-state index in [0.29, 0.717) is 0 Å². The van der Waals surface area contributed by atoms with Crippen molar-refractivity contribution in [2.24, 2.45) is 0 Å². The van der Waals surface area contributed by atoms with Gasteiger partial charge in [-0.05, 0) is 26.0 Å². The fourth-order valence-corrected chi connectivity index (χ4v) is 1.29. The van der Waals surface area contributed by atoms with Gasteiger partial charge in [0.2, 0.25) is 0 Å². The summed E-state index contributed by atoms with van der Waals surface area (Å²) in [6.45, 7) is 3.17. The smallest absolute Gasteiger partial charge is 0.379 e. The molecule has 0 aromatic heterocycles. The van der Waals surface area contributed by atoms with E-state index in [9.17, 15) is 18.4 Å². The molecular formula is C12H12F2O4. The van der Waals surface area contributed by atoms with E-state index in [-0.39, 0.29) is 13.2 Å². The van der Waals surface area contributed by atoms with Gasteiger partial charge in [0.25, 0.3) is 5.78 Å². The van der Waals surface area contributed by atoms with Gasteiger partial charge in [0, 0.05) is 5.56 Å². The van der Waals surface area contributed by atoms with Gasteiger partial charge in [-0.2, -0.15) is 0 Å². The lowest BCUT2D eigenvalue weighted by molar-refractivity contribution is -0.137. The summed E-state index contributed by atoms with van der Waals surface area (Å²) in [5.74, 6) is -4.90. The molecule has 0 aliphatic carbocycles. The number of rotatable bonds is 5. The fourth-order valence-electron chi connectivity index (χ4n) is 1.29. The normalized spacial score (nSPS) is 10.0. The van der Waals surface area contributed by atoms with E-state index in [0.717, 1.165) is 12.1 Å². The van der Waals surface area contributed by atoms with Crippen molar-refractivity contribution in [1.29, 1.82) is 0 Å². The van der Waals surface area contributed by atoms with Crippen molar-refractivity contribution in [1.82, 2.24) is 0 Å². The van der Waals surface area contributed by atoms with Gasteiger partial charge in [0.1, 0.15) is 0 Å². The molecule has 0 heterocycles. The van der Waals surface area contributed by atoms with Crippen molar-refractivity contribution in [3.05, 3.63) is 29.3 Å². The number of hydrogen-bond acceptors (Lipinski definition) is 4. The highest BCUT2D eigenvalue weighted by molar-refractivity contribution is 6.40. The van der Waals surface area contributed by atoms with Gasteiger partial charge in [-0.1, -0.05) is 0 Å². The summed E-state index contributed by atoms with van der Waals surface area (Å²) in [7, 11) is 0.